The number of benzene rings is 1. The molecule has 0 saturated heterocycles. The third-order valence-corrected chi connectivity index (χ3v) is 2.85. The quantitative estimate of drug-likeness (QED) is 0.848. The molecule has 0 bridgehead atoms. The standard InChI is InChI=1S/C11H14ClN3/c1-7(13)6-8-4-3-5-9-10(8)11(12)15(2)14-9/h3-5,7H,6,13H2,1-2H3. The van der Waals surface area contributed by atoms with Crippen LogP contribution >= 0.6 is 11.6 Å². The summed E-state index contributed by atoms with van der Waals surface area (Å²) in [4.78, 5) is 0. The van der Waals surface area contributed by atoms with Crippen molar-refractivity contribution in [2.75, 3.05) is 0 Å². The van der Waals surface area contributed by atoms with Crippen molar-refractivity contribution in [3.63, 3.8) is 0 Å². The minimum Gasteiger partial charge on any atom is -0.328 e. The highest BCUT2D eigenvalue weighted by Crippen LogP contribution is 2.26. The lowest BCUT2D eigenvalue weighted by Crippen LogP contribution is -2.17. The molecule has 1 aromatic heterocycles. The van der Waals surface area contributed by atoms with E-state index >= 15 is 0 Å². The molecule has 0 amide bonds. The smallest absolute Gasteiger partial charge is 0.134 e. The molecule has 15 heavy (non-hydrogen) atoms. The molecule has 1 atom stereocenters. The van der Waals surface area contributed by atoms with Crippen molar-refractivity contribution in [3.8, 4) is 0 Å². The molecule has 80 valence electrons. The van der Waals surface area contributed by atoms with Gasteiger partial charge in [0.05, 0.1) is 5.52 Å². The minimum atomic E-state index is 0.131. The summed E-state index contributed by atoms with van der Waals surface area (Å²) in [5, 5.41) is 6.03. The van der Waals surface area contributed by atoms with E-state index in [-0.39, 0.29) is 6.04 Å². The maximum atomic E-state index is 6.19. The lowest BCUT2D eigenvalue weighted by Gasteiger charge is -2.06. The van der Waals surface area contributed by atoms with Gasteiger partial charge < -0.3 is 5.73 Å². The fourth-order valence-corrected chi connectivity index (χ4v) is 2.05. The molecule has 4 heteroatoms. The highest BCUT2D eigenvalue weighted by atomic mass is 35.5. The van der Waals surface area contributed by atoms with E-state index in [1.54, 1.807) is 4.68 Å². The Labute approximate surface area is 93.8 Å². The van der Waals surface area contributed by atoms with Crippen LogP contribution in [-0.4, -0.2) is 15.8 Å². The summed E-state index contributed by atoms with van der Waals surface area (Å²) in [6, 6.07) is 6.14. The zero-order chi connectivity index (χ0) is 11.0. The van der Waals surface area contributed by atoms with Gasteiger partial charge in [-0.15, -0.1) is 0 Å². The van der Waals surface area contributed by atoms with E-state index < -0.39 is 0 Å². The molecule has 0 aliphatic heterocycles. The first kappa shape index (κ1) is 10.5. The Morgan fingerprint density at radius 3 is 2.93 bits per heavy atom. The molecular formula is C11H14ClN3. The van der Waals surface area contributed by atoms with Crippen LogP contribution in [0.3, 0.4) is 0 Å². The first-order chi connectivity index (χ1) is 7.09. The van der Waals surface area contributed by atoms with Crippen LogP contribution < -0.4 is 5.73 Å². The van der Waals surface area contributed by atoms with E-state index in [4.69, 9.17) is 17.3 Å². The molecule has 0 radical (unpaired) electrons. The number of nitrogens with zero attached hydrogens (tertiary/aromatic N) is 2. The Balaban J connectivity index is 2.63. The number of aryl methyl sites for hydroxylation is 1. The summed E-state index contributed by atoms with van der Waals surface area (Å²) >= 11 is 6.19. The van der Waals surface area contributed by atoms with Crippen LogP contribution in [0, 0.1) is 0 Å². The molecule has 3 nitrogen and oxygen atoms in total. The van der Waals surface area contributed by atoms with Crippen molar-refractivity contribution in [2.24, 2.45) is 12.8 Å². The molecule has 2 rings (SSSR count). The van der Waals surface area contributed by atoms with Crippen LogP contribution in [0.25, 0.3) is 10.9 Å². The third-order valence-electron chi connectivity index (χ3n) is 2.42. The van der Waals surface area contributed by atoms with Crippen LogP contribution in [-0.2, 0) is 13.5 Å². The van der Waals surface area contributed by atoms with Gasteiger partial charge >= 0.3 is 0 Å². The van der Waals surface area contributed by atoms with Crippen LogP contribution in [0.1, 0.15) is 12.5 Å². The number of hydrogen-bond donors (Lipinski definition) is 1. The zero-order valence-electron chi connectivity index (χ0n) is 8.87. The first-order valence-electron chi connectivity index (χ1n) is 4.95. The van der Waals surface area contributed by atoms with Crippen molar-refractivity contribution in [2.45, 2.75) is 19.4 Å². The number of fused-ring (bicyclic) bond motifs is 1. The Morgan fingerprint density at radius 2 is 2.27 bits per heavy atom. The van der Waals surface area contributed by atoms with Crippen molar-refractivity contribution in [1.29, 1.82) is 0 Å². The summed E-state index contributed by atoms with van der Waals surface area (Å²) in [5.74, 6) is 0. The molecule has 0 fully saturated rings. The van der Waals surface area contributed by atoms with Gasteiger partial charge in [-0.2, -0.15) is 5.10 Å². The van der Waals surface area contributed by atoms with E-state index in [0.29, 0.717) is 5.15 Å². The van der Waals surface area contributed by atoms with Crippen LogP contribution in [0.5, 0.6) is 0 Å². The average molecular weight is 224 g/mol. The minimum absolute atomic E-state index is 0.131. The molecule has 0 saturated carbocycles. The molecule has 0 spiro atoms. The van der Waals surface area contributed by atoms with Gasteiger partial charge in [-0.05, 0) is 25.0 Å². The summed E-state index contributed by atoms with van der Waals surface area (Å²) in [5.41, 5.74) is 7.90. The van der Waals surface area contributed by atoms with Gasteiger partial charge in [0.15, 0.2) is 0 Å². The third kappa shape index (κ3) is 1.85. The Morgan fingerprint density at radius 1 is 1.53 bits per heavy atom. The Kier molecular flexibility index (Phi) is 2.67. The van der Waals surface area contributed by atoms with E-state index in [2.05, 4.69) is 11.2 Å². The van der Waals surface area contributed by atoms with Crippen molar-refractivity contribution < 1.29 is 0 Å². The maximum absolute atomic E-state index is 6.19. The summed E-state index contributed by atoms with van der Waals surface area (Å²) < 4.78 is 1.69. The van der Waals surface area contributed by atoms with E-state index in [9.17, 15) is 0 Å². The number of hydrogen-bond acceptors (Lipinski definition) is 2. The Hall–Kier alpha value is -1.06. The number of halogens is 1. The molecule has 2 N–H and O–H groups in total. The van der Waals surface area contributed by atoms with E-state index in [1.807, 2.05) is 26.1 Å². The molecule has 0 aliphatic rings. The topological polar surface area (TPSA) is 43.8 Å². The van der Waals surface area contributed by atoms with Gasteiger partial charge in [-0.1, -0.05) is 23.7 Å². The van der Waals surface area contributed by atoms with E-state index in [0.717, 1.165) is 17.3 Å². The molecule has 1 aromatic carbocycles. The fraction of sp³-hybridized carbons (Fsp3) is 0.364. The summed E-state index contributed by atoms with van der Waals surface area (Å²) in [6.07, 6.45) is 0.822. The van der Waals surface area contributed by atoms with Gasteiger partial charge in [0.2, 0.25) is 0 Å². The normalized spacial score (nSPS) is 13.3. The largest absolute Gasteiger partial charge is 0.328 e. The molecule has 0 aliphatic carbocycles. The van der Waals surface area contributed by atoms with Gasteiger partial charge in [0.25, 0.3) is 0 Å². The van der Waals surface area contributed by atoms with Crippen molar-refractivity contribution in [1.82, 2.24) is 9.78 Å². The molecule has 1 unspecified atom stereocenters. The molecular weight excluding hydrogens is 210 g/mol. The summed E-state index contributed by atoms with van der Waals surface area (Å²) in [7, 11) is 1.85. The molecule has 2 aromatic rings. The van der Waals surface area contributed by atoms with Gasteiger partial charge in [0, 0.05) is 18.5 Å². The highest BCUT2D eigenvalue weighted by molar-refractivity contribution is 6.34. The lowest BCUT2D eigenvalue weighted by molar-refractivity contribution is 0.741. The Bertz CT molecular complexity index is 488. The predicted octanol–water partition coefficient (Wildman–Crippen LogP) is 2.12. The number of aromatic nitrogens is 2. The van der Waals surface area contributed by atoms with Gasteiger partial charge in [-0.3, -0.25) is 4.68 Å². The second-order valence-electron chi connectivity index (χ2n) is 3.91. The molecule has 1 heterocycles. The predicted molar refractivity (Wildman–Crippen MR) is 63.1 cm³/mol. The fourth-order valence-electron chi connectivity index (χ4n) is 1.79. The van der Waals surface area contributed by atoms with Gasteiger partial charge in [0.1, 0.15) is 5.15 Å². The highest BCUT2D eigenvalue weighted by Gasteiger charge is 2.11. The van der Waals surface area contributed by atoms with Gasteiger partial charge in [-0.25, -0.2) is 0 Å². The van der Waals surface area contributed by atoms with Crippen LogP contribution in [0.2, 0.25) is 5.15 Å². The lowest BCUT2D eigenvalue weighted by atomic mass is 10.0. The SMILES string of the molecule is CC(N)Cc1cccc2nn(C)c(Cl)c12. The first-order valence-corrected chi connectivity index (χ1v) is 5.33. The van der Waals surface area contributed by atoms with Crippen molar-refractivity contribution in [3.05, 3.63) is 28.9 Å². The van der Waals surface area contributed by atoms with E-state index in [1.165, 1.54) is 5.56 Å². The van der Waals surface area contributed by atoms with Crippen LogP contribution in [0.4, 0.5) is 0 Å². The maximum Gasteiger partial charge on any atom is 0.134 e. The average Bonchev–Trinajstić information content (AvgIpc) is 2.43. The summed E-state index contributed by atoms with van der Waals surface area (Å²) in [6.45, 7) is 1.99. The zero-order valence-corrected chi connectivity index (χ0v) is 9.62. The van der Waals surface area contributed by atoms with Crippen LogP contribution in [0.15, 0.2) is 18.2 Å². The second-order valence-corrected chi connectivity index (χ2v) is 4.27. The number of nitrogens with two attached hydrogens (primary N) is 1. The van der Waals surface area contributed by atoms with Crippen molar-refractivity contribution >= 4 is 22.5 Å². The second kappa shape index (κ2) is 3.83. The number of rotatable bonds is 2. The monoisotopic (exact) mass is 223 g/mol.